The molecule has 1 heterocycles. The third-order valence-corrected chi connectivity index (χ3v) is 1.56. The van der Waals surface area contributed by atoms with Crippen molar-refractivity contribution in [2.75, 3.05) is 0 Å². The van der Waals surface area contributed by atoms with E-state index >= 15 is 0 Å². The average molecular weight is 159 g/mol. The van der Waals surface area contributed by atoms with Crippen molar-refractivity contribution in [2.45, 2.75) is 6.92 Å². The molecule has 60 valence electrons. The predicted octanol–water partition coefficient (Wildman–Crippen LogP) is 1.29. The second-order valence-electron chi connectivity index (χ2n) is 2.39. The van der Waals surface area contributed by atoms with Crippen LogP contribution in [0.2, 0.25) is 0 Å². The molecule has 12 heavy (non-hydrogen) atoms. The van der Waals surface area contributed by atoms with Crippen molar-refractivity contribution in [3.8, 4) is 6.07 Å². The van der Waals surface area contributed by atoms with Gasteiger partial charge in [0.25, 0.3) is 0 Å². The Morgan fingerprint density at radius 2 is 2.08 bits per heavy atom. The number of nitrogens with two attached hydrogens (primary N) is 1. The van der Waals surface area contributed by atoms with Crippen molar-refractivity contribution in [1.82, 2.24) is 4.98 Å². The summed E-state index contributed by atoms with van der Waals surface area (Å²) < 4.78 is 0. The lowest BCUT2D eigenvalue weighted by Gasteiger charge is -2.00. The lowest BCUT2D eigenvalue weighted by Crippen LogP contribution is -1.98. The summed E-state index contributed by atoms with van der Waals surface area (Å²) >= 11 is 0. The van der Waals surface area contributed by atoms with Gasteiger partial charge in [0.15, 0.2) is 0 Å². The molecule has 0 spiro atoms. The molecule has 0 aliphatic heterocycles. The first-order valence-electron chi connectivity index (χ1n) is 3.52. The predicted molar refractivity (Wildman–Crippen MR) is 46.6 cm³/mol. The molecule has 3 nitrogen and oxygen atoms in total. The first-order valence-corrected chi connectivity index (χ1v) is 3.52. The van der Waals surface area contributed by atoms with Gasteiger partial charge in [-0.2, -0.15) is 5.26 Å². The molecule has 0 unspecified atom stereocenters. The Balaban J connectivity index is 3.11. The van der Waals surface area contributed by atoms with E-state index < -0.39 is 0 Å². The topological polar surface area (TPSA) is 62.7 Å². The van der Waals surface area contributed by atoms with Crippen LogP contribution < -0.4 is 5.73 Å². The molecule has 0 amide bonds. The Kier molecular flexibility index (Phi) is 2.44. The van der Waals surface area contributed by atoms with Crippen molar-refractivity contribution >= 4 is 5.70 Å². The van der Waals surface area contributed by atoms with E-state index in [1.165, 1.54) is 0 Å². The summed E-state index contributed by atoms with van der Waals surface area (Å²) in [4.78, 5) is 3.85. The zero-order chi connectivity index (χ0) is 8.97. The van der Waals surface area contributed by atoms with Gasteiger partial charge in [-0.05, 0) is 19.1 Å². The van der Waals surface area contributed by atoms with Crippen LogP contribution in [0.15, 0.2) is 30.1 Å². The molecule has 0 aliphatic carbocycles. The maximum Gasteiger partial charge on any atom is 0.0965 e. The zero-order valence-corrected chi connectivity index (χ0v) is 6.78. The molecule has 2 N–H and O–H groups in total. The van der Waals surface area contributed by atoms with E-state index in [9.17, 15) is 0 Å². The highest BCUT2D eigenvalue weighted by Crippen LogP contribution is 2.10. The summed E-state index contributed by atoms with van der Waals surface area (Å²) in [6.45, 7) is 1.69. The van der Waals surface area contributed by atoms with E-state index in [0.29, 0.717) is 11.3 Å². The molecule has 3 heteroatoms. The summed E-state index contributed by atoms with van der Waals surface area (Å²) in [6, 6.07) is 5.55. The summed E-state index contributed by atoms with van der Waals surface area (Å²) in [7, 11) is 0. The smallest absolute Gasteiger partial charge is 0.0965 e. The van der Waals surface area contributed by atoms with Crippen molar-refractivity contribution in [3.63, 3.8) is 0 Å². The lowest BCUT2D eigenvalue weighted by molar-refractivity contribution is 1.30. The van der Waals surface area contributed by atoms with E-state index in [1.54, 1.807) is 31.5 Å². The van der Waals surface area contributed by atoms with Gasteiger partial charge in [-0.3, -0.25) is 4.98 Å². The van der Waals surface area contributed by atoms with Crippen LogP contribution in [0.5, 0.6) is 0 Å². The number of rotatable bonds is 1. The van der Waals surface area contributed by atoms with Crippen LogP contribution in [-0.4, -0.2) is 4.98 Å². The minimum atomic E-state index is 0.514. The largest absolute Gasteiger partial charge is 0.397 e. The van der Waals surface area contributed by atoms with Crippen LogP contribution in [0.25, 0.3) is 5.70 Å². The lowest BCUT2D eigenvalue weighted by atomic mass is 10.1. The summed E-state index contributed by atoms with van der Waals surface area (Å²) in [5, 5.41) is 8.56. The standard InChI is InChI=1S/C9H9N3/c1-7(6-10)9(11)8-2-4-12-5-3-8/h2-5H,11H2,1H3/b9-7-. The Morgan fingerprint density at radius 3 is 2.58 bits per heavy atom. The number of aromatic nitrogens is 1. The van der Waals surface area contributed by atoms with Crippen LogP contribution in [0.1, 0.15) is 12.5 Å². The van der Waals surface area contributed by atoms with Gasteiger partial charge in [-0.1, -0.05) is 0 Å². The monoisotopic (exact) mass is 159 g/mol. The van der Waals surface area contributed by atoms with Crippen molar-refractivity contribution in [1.29, 1.82) is 5.26 Å². The highest BCUT2D eigenvalue weighted by Gasteiger charge is 1.98. The molecule has 1 aromatic heterocycles. The van der Waals surface area contributed by atoms with Gasteiger partial charge >= 0.3 is 0 Å². The van der Waals surface area contributed by atoms with E-state index in [4.69, 9.17) is 11.0 Å². The summed E-state index contributed by atoms with van der Waals surface area (Å²) in [6.07, 6.45) is 3.29. The van der Waals surface area contributed by atoms with Gasteiger partial charge in [0.05, 0.1) is 11.8 Å². The van der Waals surface area contributed by atoms with Gasteiger partial charge in [0.1, 0.15) is 0 Å². The molecule has 0 aliphatic rings. The Bertz CT molecular complexity index is 333. The SMILES string of the molecule is C/C(C#N)=C(/N)c1ccncc1. The van der Waals surface area contributed by atoms with Crippen LogP contribution >= 0.6 is 0 Å². The maximum atomic E-state index is 8.56. The Hall–Kier alpha value is -1.82. The van der Waals surface area contributed by atoms with Crippen molar-refractivity contribution < 1.29 is 0 Å². The number of hydrogen-bond donors (Lipinski definition) is 1. The molecule has 1 rings (SSSR count). The van der Waals surface area contributed by atoms with Crippen molar-refractivity contribution in [3.05, 3.63) is 35.7 Å². The fourth-order valence-electron chi connectivity index (χ4n) is 0.808. The average Bonchev–Trinajstić information content (AvgIpc) is 2.17. The van der Waals surface area contributed by atoms with E-state index in [2.05, 4.69) is 4.98 Å². The molecule has 0 atom stereocenters. The highest BCUT2D eigenvalue weighted by atomic mass is 14.6. The van der Waals surface area contributed by atoms with Gasteiger partial charge in [-0.15, -0.1) is 0 Å². The molecule has 0 saturated carbocycles. The molecule has 0 aromatic carbocycles. The van der Waals surface area contributed by atoms with E-state index in [-0.39, 0.29) is 0 Å². The fraction of sp³-hybridized carbons (Fsp3) is 0.111. The molecular formula is C9H9N3. The van der Waals surface area contributed by atoms with Gasteiger partial charge in [0.2, 0.25) is 0 Å². The van der Waals surface area contributed by atoms with Crippen LogP contribution in [-0.2, 0) is 0 Å². The van der Waals surface area contributed by atoms with Gasteiger partial charge in [0, 0.05) is 23.5 Å². The maximum absolute atomic E-state index is 8.56. The molecule has 0 fully saturated rings. The number of hydrogen-bond acceptors (Lipinski definition) is 3. The van der Waals surface area contributed by atoms with Crippen LogP contribution in [0.4, 0.5) is 0 Å². The van der Waals surface area contributed by atoms with Gasteiger partial charge in [-0.25, -0.2) is 0 Å². The third-order valence-electron chi connectivity index (χ3n) is 1.56. The van der Waals surface area contributed by atoms with Crippen LogP contribution in [0.3, 0.4) is 0 Å². The van der Waals surface area contributed by atoms with Gasteiger partial charge < -0.3 is 5.73 Å². The number of pyridine rings is 1. The first kappa shape index (κ1) is 8.28. The van der Waals surface area contributed by atoms with Crippen LogP contribution in [0, 0.1) is 11.3 Å². The molecule has 0 saturated heterocycles. The Morgan fingerprint density at radius 1 is 1.50 bits per heavy atom. The third kappa shape index (κ3) is 1.61. The molecular weight excluding hydrogens is 150 g/mol. The second kappa shape index (κ2) is 3.54. The highest BCUT2D eigenvalue weighted by molar-refractivity contribution is 5.67. The Labute approximate surface area is 71.2 Å². The molecule has 0 radical (unpaired) electrons. The minimum absolute atomic E-state index is 0.514. The minimum Gasteiger partial charge on any atom is -0.397 e. The van der Waals surface area contributed by atoms with E-state index in [0.717, 1.165) is 5.56 Å². The molecule has 1 aromatic rings. The molecule has 0 bridgehead atoms. The first-order chi connectivity index (χ1) is 5.75. The summed E-state index contributed by atoms with van der Waals surface area (Å²) in [5.41, 5.74) is 7.56. The summed E-state index contributed by atoms with van der Waals surface area (Å²) in [5.74, 6) is 0. The fourth-order valence-corrected chi connectivity index (χ4v) is 0.808. The zero-order valence-electron chi connectivity index (χ0n) is 6.78. The number of nitriles is 1. The normalized spacial score (nSPS) is 11.7. The van der Waals surface area contributed by atoms with Crippen molar-refractivity contribution in [2.24, 2.45) is 5.73 Å². The second-order valence-corrected chi connectivity index (χ2v) is 2.39. The number of allylic oxidation sites excluding steroid dienone is 1. The number of nitrogens with zero attached hydrogens (tertiary/aromatic N) is 2. The quantitative estimate of drug-likeness (QED) is 0.628. The van der Waals surface area contributed by atoms with E-state index in [1.807, 2.05) is 6.07 Å².